The van der Waals surface area contributed by atoms with Crippen molar-refractivity contribution in [2.24, 2.45) is 0 Å². The predicted molar refractivity (Wildman–Crippen MR) is 252 cm³/mol. The Hall–Kier alpha value is -7.59. The summed E-state index contributed by atoms with van der Waals surface area (Å²) in [6.45, 7) is 4.45. The number of unbranched alkanes of at least 4 members (excludes halogenated alkanes) is 2. The molecule has 5 heterocycles. The second kappa shape index (κ2) is 19.1. The highest BCUT2D eigenvalue weighted by atomic mass is 16.2. The number of fused-ring (bicyclic) bond motifs is 4. The van der Waals surface area contributed by atoms with Gasteiger partial charge in [-0.25, -0.2) is 19.3 Å². The van der Waals surface area contributed by atoms with E-state index in [0.717, 1.165) is 69.4 Å². The lowest BCUT2D eigenvalue weighted by Crippen LogP contribution is -2.51. The van der Waals surface area contributed by atoms with Gasteiger partial charge in [-0.1, -0.05) is 73.7 Å². The Morgan fingerprint density at radius 1 is 0.806 bits per heavy atom. The number of aromatic nitrogens is 4. The molecule has 0 spiro atoms. The first-order valence-electron chi connectivity index (χ1n) is 22.9. The number of imide groups is 1. The molecule has 16 nitrogen and oxygen atoms in total. The molecule has 2 aliphatic heterocycles. The average molecular weight is 902 g/mol. The molecule has 1 saturated carbocycles. The highest BCUT2D eigenvalue weighted by Crippen LogP contribution is 2.42. The van der Waals surface area contributed by atoms with Crippen LogP contribution in [0.25, 0.3) is 38.9 Å². The van der Waals surface area contributed by atoms with E-state index in [-0.39, 0.29) is 59.1 Å². The highest BCUT2D eigenvalue weighted by Gasteiger charge is 2.45. The summed E-state index contributed by atoms with van der Waals surface area (Å²) in [4.78, 5) is 96.4. The molecule has 0 radical (unpaired) electrons. The lowest BCUT2D eigenvalue weighted by molar-refractivity contribution is -0.124. The third kappa shape index (κ3) is 9.16. The van der Waals surface area contributed by atoms with Crippen LogP contribution in [0.1, 0.15) is 103 Å². The summed E-state index contributed by atoms with van der Waals surface area (Å²) >= 11 is 0. The van der Waals surface area contributed by atoms with Gasteiger partial charge in [0.15, 0.2) is 5.65 Å². The number of rotatable bonds is 17. The van der Waals surface area contributed by atoms with Crippen LogP contribution in [0.15, 0.2) is 108 Å². The van der Waals surface area contributed by atoms with Crippen LogP contribution in [0.3, 0.4) is 0 Å². The maximum atomic E-state index is 13.5. The van der Waals surface area contributed by atoms with E-state index < -0.39 is 29.7 Å². The Morgan fingerprint density at radius 3 is 2.39 bits per heavy atom. The maximum absolute atomic E-state index is 13.5. The molecular formula is C51H51N9O7. The van der Waals surface area contributed by atoms with Crippen LogP contribution < -0.4 is 27.0 Å². The lowest BCUT2D eigenvalue weighted by Gasteiger charge is -2.43. The summed E-state index contributed by atoms with van der Waals surface area (Å²) in [6, 6.07) is 25.8. The van der Waals surface area contributed by atoms with Crippen LogP contribution >= 0.6 is 0 Å². The fraction of sp³-hybridized carbons (Fsp3) is 0.314. The van der Waals surface area contributed by atoms with Crippen molar-refractivity contribution in [1.82, 2.24) is 40.4 Å². The molecule has 3 aromatic carbocycles. The number of nitrogens with one attached hydrogen (secondary N) is 5. The molecule has 9 rings (SSSR count). The number of Topliss-reactive ketones (excluding diaryl/α,β-unsaturated/α-hetero) is 1. The summed E-state index contributed by atoms with van der Waals surface area (Å²) in [5.74, 6) is -2.34. The SMILES string of the molecule is C=C1CCC[C@H](N2C(=O)c3cccc(NC(=O)CCC(=O)CCCCCNC(=O)CNC4(c5ccc(-c6nc7ccn8c(=O)[nH]nc8c7cc6-c6ccccc6)cc5)CCC4)c3C2=O)C(=O)N1. The first-order chi connectivity index (χ1) is 32.5. The van der Waals surface area contributed by atoms with Gasteiger partial charge in [0.1, 0.15) is 11.8 Å². The molecule has 5 amide bonds. The van der Waals surface area contributed by atoms with Gasteiger partial charge in [0, 0.05) is 59.8 Å². The van der Waals surface area contributed by atoms with Gasteiger partial charge in [0.05, 0.1) is 34.6 Å². The largest absolute Gasteiger partial charge is 0.355 e. The third-order valence-electron chi connectivity index (χ3n) is 13.1. The molecule has 342 valence electrons. The van der Waals surface area contributed by atoms with E-state index in [1.807, 2.05) is 42.5 Å². The number of amides is 5. The molecule has 16 heteroatoms. The standard InChI is InChI=1S/C51H51N9O7/c1-31-11-8-17-41(47(64)54-31)60-48(65)36-15-9-16-40(44(36)49(60)66)55-42(62)23-22-35(61)14-6-3-7-27-52-43(63)30-53-51(25-10-26-51)34-20-18-33(19-21-34)45-37(32-12-4-2-5-13-32)29-38-39(56-45)24-28-59-46(38)57-58-50(59)67/h2,4-5,9,12-13,15-16,18-21,24,28-29,41,53H,1,3,6-8,10-11,14,17,22-23,25-27,30H2,(H,52,63)(H,54,64)(H,55,62)(H,58,67)/t41-/m0/s1. The van der Waals surface area contributed by atoms with Crippen LogP contribution in [0.4, 0.5) is 5.69 Å². The number of hydrogen-bond donors (Lipinski definition) is 5. The number of anilines is 1. The fourth-order valence-electron chi connectivity index (χ4n) is 9.37. The lowest BCUT2D eigenvalue weighted by atomic mass is 9.71. The zero-order valence-electron chi connectivity index (χ0n) is 37.0. The van der Waals surface area contributed by atoms with E-state index in [4.69, 9.17) is 4.98 Å². The minimum Gasteiger partial charge on any atom is -0.355 e. The smallest absolute Gasteiger partial charge is 0.347 e. The summed E-state index contributed by atoms with van der Waals surface area (Å²) in [5, 5.41) is 19.4. The van der Waals surface area contributed by atoms with Crippen LogP contribution in [0.2, 0.25) is 0 Å². The minimum atomic E-state index is -0.979. The Balaban J connectivity index is 0.715. The molecule has 67 heavy (non-hydrogen) atoms. The number of pyridine rings is 2. The number of nitrogens with zero attached hydrogens (tertiary/aromatic N) is 4. The Bertz CT molecular complexity index is 3010. The van der Waals surface area contributed by atoms with Gasteiger partial charge >= 0.3 is 5.69 Å². The molecule has 2 fully saturated rings. The molecule has 1 saturated heterocycles. The number of ketones is 1. The number of aromatic amines is 1. The molecule has 1 aliphatic carbocycles. The van der Waals surface area contributed by atoms with Crippen LogP contribution in [0, 0.1) is 0 Å². The van der Waals surface area contributed by atoms with Crippen molar-refractivity contribution in [3.8, 4) is 22.4 Å². The average Bonchev–Trinajstić information content (AvgIpc) is 3.76. The Kier molecular flexibility index (Phi) is 12.7. The van der Waals surface area contributed by atoms with Gasteiger partial charge in [0.2, 0.25) is 17.7 Å². The first kappa shape index (κ1) is 44.6. The summed E-state index contributed by atoms with van der Waals surface area (Å²) < 4.78 is 1.48. The van der Waals surface area contributed by atoms with Crippen molar-refractivity contribution in [3.05, 3.63) is 131 Å². The van der Waals surface area contributed by atoms with Gasteiger partial charge in [-0.3, -0.25) is 39.0 Å². The van der Waals surface area contributed by atoms with E-state index in [1.54, 1.807) is 12.3 Å². The predicted octanol–water partition coefficient (Wildman–Crippen LogP) is 6.32. The molecule has 3 aliphatic rings. The number of carbonyl (C=O) groups is 6. The van der Waals surface area contributed by atoms with E-state index in [2.05, 4.69) is 62.3 Å². The summed E-state index contributed by atoms with van der Waals surface area (Å²) in [7, 11) is 0. The second-order valence-corrected chi connectivity index (χ2v) is 17.5. The summed E-state index contributed by atoms with van der Waals surface area (Å²) in [5.41, 5.74) is 6.22. The molecule has 1 atom stereocenters. The number of benzene rings is 3. The highest BCUT2D eigenvalue weighted by molar-refractivity contribution is 6.25. The van der Waals surface area contributed by atoms with Gasteiger partial charge in [-0.05, 0) is 86.8 Å². The monoisotopic (exact) mass is 901 g/mol. The number of allylic oxidation sites excluding steroid dienone is 1. The summed E-state index contributed by atoms with van der Waals surface area (Å²) in [6.07, 6.45) is 8.25. The molecule has 0 unspecified atom stereocenters. The number of carbonyl (C=O) groups excluding carboxylic acids is 6. The van der Waals surface area contributed by atoms with Crippen molar-refractivity contribution in [3.63, 3.8) is 0 Å². The van der Waals surface area contributed by atoms with Crippen LogP contribution in [-0.2, 0) is 24.7 Å². The Labute approximate surface area is 385 Å². The van der Waals surface area contributed by atoms with E-state index >= 15 is 0 Å². The number of H-pyrrole nitrogens is 1. The zero-order chi connectivity index (χ0) is 46.7. The molecular weight excluding hydrogens is 851 g/mol. The van der Waals surface area contributed by atoms with E-state index in [1.165, 1.54) is 16.5 Å². The molecule has 5 N–H and O–H groups in total. The molecule has 0 bridgehead atoms. The fourth-order valence-corrected chi connectivity index (χ4v) is 9.37. The third-order valence-corrected chi connectivity index (χ3v) is 13.1. The van der Waals surface area contributed by atoms with Crippen molar-refractivity contribution in [2.75, 3.05) is 18.4 Å². The topological polar surface area (TPSA) is 217 Å². The zero-order valence-corrected chi connectivity index (χ0v) is 37.0. The normalized spacial score (nSPS) is 16.7. The van der Waals surface area contributed by atoms with Crippen LogP contribution in [0.5, 0.6) is 0 Å². The van der Waals surface area contributed by atoms with Gasteiger partial charge < -0.3 is 16.0 Å². The number of hydrogen-bond acceptors (Lipinski definition) is 10. The second-order valence-electron chi connectivity index (χ2n) is 17.5. The van der Waals surface area contributed by atoms with Crippen molar-refractivity contribution >= 4 is 57.6 Å². The van der Waals surface area contributed by atoms with Crippen molar-refractivity contribution < 1.29 is 28.8 Å². The van der Waals surface area contributed by atoms with Crippen LogP contribution in [-0.4, -0.2) is 78.9 Å². The van der Waals surface area contributed by atoms with Crippen molar-refractivity contribution in [1.29, 1.82) is 0 Å². The molecule has 6 aromatic rings. The van der Waals surface area contributed by atoms with E-state index in [0.29, 0.717) is 56.4 Å². The minimum absolute atomic E-state index is 0.0215. The van der Waals surface area contributed by atoms with Crippen molar-refractivity contribution in [2.45, 2.75) is 88.6 Å². The van der Waals surface area contributed by atoms with Gasteiger partial charge in [-0.2, -0.15) is 5.10 Å². The van der Waals surface area contributed by atoms with Gasteiger partial charge in [-0.15, -0.1) is 0 Å². The van der Waals surface area contributed by atoms with Gasteiger partial charge in [0.25, 0.3) is 11.8 Å². The Morgan fingerprint density at radius 2 is 1.61 bits per heavy atom. The maximum Gasteiger partial charge on any atom is 0.347 e. The van der Waals surface area contributed by atoms with E-state index in [9.17, 15) is 33.6 Å². The first-order valence-corrected chi connectivity index (χ1v) is 22.9. The quantitative estimate of drug-likeness (QED) is 0.0507. The molecule has 3 aromatic heterocycles.